The average molecular weight is 397 g/mol. The van der Waals surface area contributed by atoms with Crippen LogP contribution in [0.3, 0.4) is 0 Å². The minimum Gasteiger partial charge on any atom is -0.492 e. The lowest BCUT2D eigenvalue weighted by atomic mass is 10.2. The first-order valence-electron chi connectivity index (χ1n) is 9.87. The summed E-state index contributed by atoms with van der Waals surface area (Å²) in [5.41, 5.74) is -0.212. The molecule has 1 saturated heterocycles. The predicted octanol–water partition coefficient (Wildman–Crippen LogP) is 2.74. The third-order valence-corrected chi connectivity index (χ3v) is 7.18. The second-order valence-electron chi connectivity index (χ2n) is 8.37. The van der Waals surface area contributed by atoms with Gasteiger partial charge in [0.15, 0.2) is 0 Å². The Balaban J connectivity index is 1.41. The lowest BCUT2D eigenvalue weighted by Crippen LogP contribution is -2.37. The topological polar surface area (TPSA) is 59.1 Å². The third-order valence-electron chi connectivity index (χ3n) is 4.78. The van der Waals surface area contributed by atoms with Crippen molar-refractivity contribution in [2.45, 2.75) is 50.9 Å². The highest BCUT2D eigenvalue weighted by Gasteiger charge is 2.40. The fourth-order valence-electron chi connectivity index (χ4n) is 3.25. The number of nitrogens with zero attached hydrogens (tertiary/aromatic N) is 2. The van der Waals surface area contributed by atoms with E-state index in [1.807, 2.05) is 45.0 Å². The van der Waals surface area contributed by atoms with Crippen molar-refractivity contribution in [3.63, 3.8) is 0 Å². The van der Waals surface area contributed by atoms with Gasteiger partial charge in [-0.25, -0.2) is 12.7 Å². The zero-order chi connectivity index (χ0) is 19.5. The minimum absolute atomic E-state index is 0.113. The van der Waals surface area contributed by atoms with Crippen LogP contribution in [0.2, 0.25) is 0 Å². The van der Waals surface area contributed by atoms with E-state index >= 15 is 0 Å². The highest BCUT2D eigenvalue weighted by molar-refractivity contribution is 7.90. The minimum atomic E-state index is -3.05. The van der Waals surface area contributed by atoms with E-state index in [4.69, 9.17) is 9.47 Å². The van der Waals surface area contributed by atoms with Gasteiger partial charge in [-0.3, -0.25) is 4.90 Å². The molecule has 1 aromatic carbocycles. The van der Waals surface area contributed by atoms with Crippen molar-refractivity contribution in [3.8, 4) is 11.5 Å². The molecule has 1 aliphatic carbocycles. The Morgan fingerprint density at radius 2 is 1.67 bits per heavy atom. The monoisotopic (exact) mass is 396 g/mol. The maximum atomic E-state index is 12.4. The Kier molecular flexibility index (Phi) is 6.33. The maximum Gasteiger partial charge on any atom is 0.217 e. The van der Waals surface area contributed by atoms with Crippen molar-refractivity contribution >= 4 is 10.0 Å². The van der Waals surface area contributed by atoms with E-state index in [-0.39, 0.29) is 10.9 Å². The van der Waals surface area contributed by atoms with Gasteiger partial charge in [0.25, 0.3) is 0 Å². The summed E-state index contributed by atoms with van der Waals surface area (Å²) >= 11 is 0. The van der Waals surface area contributed by atoms with Crippen LogP contribution in [0.4, 0.5) is 0 Å². The van der Waals surface area contributed by atoms with Gasteiger partial charge in [0.2, 0.25) is 10.0 Å². The zero-order valence-electron chi connectivity index (χ0n) is 16.7. The van der Waals surface area contributed by atoms with Gasteiger partial charge >= 0.3 is 0 Å². The van der Waals surface area contributed by atoms with Gasteiger partial charge in [-0.1, -0.05) is 0 Å². The van der Waals surface area contributed by atoms with Gasteiger partial charge in [-0.05, 0) is 70.8 Å². The van der Waals surface area contributed by atoms with E-state index in [2.05, 4.69) is 4.90 Å². The molecule has 1 saturated carbocycles. The lowest BCUT2D eigenvalue weighted by Gasteiger charge is -2.22. The molecule has 0 aromatic heterocycles. The van der Waals surface area contributed by atoms with Gasteiger partial charge in [0, 0.05) is 26.2 Å². The number of rotatable bonds is 7. The summed E-state index contributed by atoms with van der Waals surface area (Å²) in [5, 5.41) is -0.113. The summed E-state index contributed by atoms with van der Waals surface area (Å²) in [6.45, 7) is 10.4. The SMILES string of the molecule is CC(C)(C)Oc1ccc(OCCN2CCCN(S(=O)(=O)C3CC3)CC2)cc1. The number of hydrogen-bond acceptors (Lipinski definition) is 5. The highest BCUT2D eigenvalue weighted by Crippen LogP contribution is 2.31. The largest absolute Gasteiger partial charge is 0.492 e. The fourth-order valence-corrected chi connectivity index (χ4v) is 5.13. The van der Waals surface area contributed by atoms with Gasteiger partial charge in [0.1, 0.15) is 23.7 Å². The van der Waals surface area contributed by atoms with Crippen molar-refractivity contribution in [1.29, 1.82) is 0 Å². The normalized spacial score (nSPS) is 20.3. The van der Waals surface area contributed by atoms with E-state index in [9.17, 15) is 8.42 Å². The van der Waals surface area contributed by atoms with E-state index < -0.39 is 10.0 Å². The van der Waals surface area contributed by atoms with Crippen LogP contribution in [0.1, 0.15) is 40.0 Å². The lowest BCUT2D eigenvalue weighted by molar-refractivity contribution is 0.130. The molecule has 0 bridgehead atoms. The molecule has 0 radical (unpaired) electrons. The summed E-state index contributed by atoms with van der Waals surface area (Å²) in [6.07, 6.45) is 2.54. The standard InChI is InChI=1S/C20H32N2O4S/c1-20(2,3)26-18-7-5-17(6-8-18)25-16-15-21-11-4-12-22(14-13-21)27(23,24)19-9-10-19/h5-8,19H,4,9-16H2,1-3H3. The smallest absolute Gasteiger partial charge is 0.217 e. The molecule has 1 heterocycles. The van der Waals surface area contributed by atoms with Gasteiger partial charge in [0.05, 0.1) is 5.25 Å². The molecule has 0 atom stereocenters. The molecule has 0 spiro atoms. The second kappa shape index (κ2) is 8.37. The Hall–Kier alpha value is -1.31. The predicted molar refractivity (Wildman–Crippen MR) is 107 cm³/mol. The molecular weight excluding hydrogens is 364 g/mol. The van der Waals surface area contributed by atoms with E-state index in [1.165, 1.54) is 0 Å². The van der Waals surface area contributed by atoms with Crippen molar-refractivity contribution in [2.24, 2.45) is 0 Å². The Labute approximate surface area is 163 Å². The summed E-state index contributed by atoms with van der Waals surface area (Å²) in [5.74, 6) is 1.66. The number of benzene rings is 1. The summed E-state index contributed by atoms with van der Waals surface area (Å²) in [4.78, 5) is 2.29. The molecule has 0 amide bonds. The molecule has 2 aliphatic rings. The van der Waals surface area contributed by atoms with E-state index in [0.717, 1.165) is 50.4 Å². The Bertz CT molecular complexity index is 708. The second-order valence-corrected chi connectivity index (χ2v) is 10.6. The summed E-state index contributed by atoms with van der Waals surface area (Å²) in [6, 6.07) is 7.70. The van der Waals surface area contributed by atoms with Crippen molar-refractivity contribution in [3.05, 3.63) is 24.3 Å². The van der Waals surface area contributed by atoms with Crippen molar-refractivity contribution in [1.82, 2.24) is 9.21 Å². The van der Waals surface area contributed by atoms with Crippen LogP contribution in [0.5, 0.6) is 11.5 Å². The number of sulfonamides is 1. The third kappa shape index (κ3) is 6.09. The van der Waals surface area contributed by atoms with Gasteiger partial charge < -0.3 is 9.47 Å². The first-order chi connectivity index (χ1) is 12.7. The molecular formula is C20H32N2O4S. The van der Waals surface area contributed by atoms with Crippen LogP contribution < -0.4 is 9.47 Å². The Morgan fingerprint density at radius 1 is 1.00 bits per heavy atom. The van der Waals surface area contributed by atoms with Crippen LogP contribution in [0.15, 0.2) is 24.3 Å². The molecule has 6 nitrogen and oxygen atoms in total. The van der Waals surface area contributed by atoms with Crippen LogP contribution >= 0.6 is 0 Å². The molecule has 3 rings (SSSR count). The van der Waals surface area contributed by atoms with E-state index in [0.29, 0.717) is 19.7 Å². The quantitative estimate of drug-likeness (QED) is 0.709. The fraction of sp³-hybridized carbons (Fsp3) is 0.700. The molecule has 0 unspecified atom stereocenters. The zero-order valence-corrected chi connectivity index (χ0v) is 17.5. The van der Waals surface area contributed by atoms with Crippen LogP contribution in [-0.4, -0.2) is 67.8 Å². The first-order valence-corrected chi connectivity index (χ1v) is 11.4. The summed E-state index contributed by atoms with van der Waals surface area (Å²) < 4.78 is 38.1. The molecule has 1 aromatic rings. The van der Waals surface area contributed by atoms with E-state index in [1.54, 1.807) is 4.31 Å². The maximum absolute atomic E-state index is 12.4. The van der Waals surface area contributed by atoms with Gasteiger partial charge in [-0.15, -0.1) is 0 Å². The average Bonchev–Trinajstić information content (AvgIpc) is 3.43. The van der Waals surface area contributed by atoms with Gasteiger partial charge in [-0.2, -0.15) is 0 Å². The highest BCUT2D eigenvalue weighted by atomic mass is 32.2. The van der Waals surface area contributed by atoms with Crippen molar-refractivity contribution in [2.75, 3.05) is 39.3 Å². The molecule has 2 fully saturated rings. The first kappa shape index (κ1) is 20.4. The summed E-state index contributed by atoms with van der Waals surface area (Å²) in [7, 11) is -3.05. The molecule has 0 N–H and O–H groups in total. The molecule has 1 aliphatic heterocycles. The van der Waals surface area contributed by atoms with Crippen LogP contribution in [0, 0.1) is 0 Å². The molecule has 152 valence electrons. The number of ether oxygens (including phenoxy) is 2. The van der Waals surface area contributed by atoms with Crippen LogP contribution in [0.25, 0.3) is 0 Å². The number of hydrogen-bond donors (Lipinski definition) is 0. The molecule has 27 heavy (non-hydrogen) atoms. The van der Waals surface area contributed by atoms with Crippen molar-refractivity contribution < 1.29 is 17.9 Å². The Morgan fingerprint density at radius 3 is 2.30 bits per heavy atom. The van der Waals surface area contributed by atoms with Crippen LogP contribution in [-0.2, 0) is 10.0 Å². The molecule has 7 heteroatoms.